The lowest BCUT2D eigenvalue weighted by atomic mass is 9.75. The first-order chi connectivity index (χ1) is 21.9. The van der Waals surface area contributed by atoms with E-state index in [-0.39, 0.29) is 23.4 Å². The Bertz CT molecular complexity index is 1790. The van der Waals surface area contributed by atoms with Crippen LogP contribution in [0.3, 0.4) is 0 Å². The summed E-state index contributed by atoms with van der Waals surface area (Å²) in [5.41, 5.74) is 2.12. The number of carbonyl (C=O) groups excluding carboxylic acids is 3. The molecular weight excluding hydrogens is 568 g/mol. The van der Waals surface area contributed by atoms with Crippen LogP contribution in [0.5, 0.6) is 0 Å². The van der Waals surface area contributed by atoms with Crippen LogP contribution in [0.4, 0.5) is 5.69 Å². The smallest absolute Gasteiger partial charge is 0.330 e. The van der Waals surface area contributed by atoms with Gasteiger partial charge in [0.15, 0.2) is 0 Å². The van der Waals surface area contributed by atoms with Crippen LogP contribution < -0.4 is 16.2 Å². The minimum Gasteiger partial charge on any atom is -0.463 e. The summed E-state index contributed by atoms with van der Waals surface area (Å²) >= 11 is 0. The van der Waals surface area contributed by atoms with E-state index >= 15 is 0 Å². The average molecular weight is 607 g/mol. The van der Waals surface area contributed by atoms with Gasteiger partial charge >= 0.3 is 5.97 Å². The highest BCUT2D eigenvalue weighted by Gasteiger charge is 2.45. The molecule has 2 amide bonds. The van der Waals surface area contributed by atoms with Gasteiger partial charge in [0.25, 0.3) is 11.5 Å². The average Bonchev–Trinajstić information content (AvgIpc) is 3.34. The van der Waals surface area contributed by atoms with E-state index in [0.29, 0.717) is 36.1 Å². The summed E-state index contributed by atoms with van der Waals surface area (Å²) in [4.78, 5) is 52.5. The van der Waals surface area contributed by atoms with E-state index in [4.69, 9.17) is 4.74 Å². The number of hydrogen-bond donors (Lipinski definition) is 2. The molecule has 6 rings (SSSR count). The molecule has 1 heterocycles. The third kappa shape index (κ3) is 6.20. The van der Waals surface area contributed by atoms with Crippen molar-refractivity contribution in [2.24, 2.45) is 0 Å². The van der Waals surface area contributed by atoms with Gasteiger partial charge in [0.2, 0.25) is 5.91 Å². The Kier molecular flexibility index (Phi) is 8.69. The molecule has 0 spiro atoms. The SMILES string of the molecule is CCOC(=O)/C=C/c1ccc(NC(=O)C2(NC(=O)c3ccc4c(c3)c(=O)n(-c3ccccc3)n4C3CCCCC3)CCC2)cc1. The van der Waals surface area contributed by atoms with Gasteiger partial charge < -0.3 is 15.4 Å². The number of fused-ring (bicyclic) bond motifs is 1. The van der Waals surface area contributed by atoms with Gasteiger partial charge in [-0.3, -0.25) is 19.1 Å². The van der Waals surface area contributed by atoms with Crippen LogP contribution in [-0.4, -0.2) is 39.3 Å². The number of nitrogens with one attached hydrogen (secondary N) is 2. The van der Waals surface area contributed by atoms with Crippen molar-refractivity contribution in [1.29, 1.82) is 0 Å². The van der Waals surface area contributed by atoms with Crippen molar-refractivity contribution in [1.82, 2.24) is 14.7 Å². The quantitative estimate of drug-likeness (QED) is 0.175. The molecule has 2 saturated carbocycles. The highest BCUT2D eigenvalue weighted by Crippen LogP contribution is 2.35. The number of amides is 2. The zero-order valence-electron chi connectivity index (χ0n) is 25.5. The molecule has 0 radical (unpaired) electrons. The molecule has 9 heteroatoms. The normalized spacial score (nSPS) is 16.3. The molecule has 1 aromatic heterocycles. The number of benzene rings is 3. The van der Waals surface area contributed by atoms with Crippen LogP contribution in [0, 0.1) is 0 Å². The van der Waals surface area contributed by atoms with Crippen molar-refractivity contribution in [2.75, 3.05) is 11.9 Å². The highest BCUT2D eigenvalue weighted by atomic mass is 16.5. The Hall–Kier alpha value is -4.92. The molecule has 45 heavy (non-hydrogen) atoms. The molecule has 2 fully saturated rings. The van der Waals surface area contributed by atoms with Gasteiger partial charge in [0.1, 0.15) is 5.54 Å². The van der Waals surface area contributed by atoms with E-state index in [1.165, 1.54) is 12.5 Å². The lowest BCUT2D eigenvalue weighted by Crippen LogP contribution is -2.61. The molecule has 232 valence electrons. The number of para-hydroxylation sites is 1. The fraction of sp³-hybridized carbons (Fsp3) is 0.333. The number of rotatable bonds is 9. The molecule has 0 bridgehead atoms. The summed E-state index contributed by atoms with van der Waals surface area (Å²) in [7, 11) is 0. The summed E-state index contributed by atoms with van der Waals surface area (Å²) in [5, 5.41) is 6.41. The van der Waals surface area contributed by atoms with Crippen molar-refractivity contribution >= 4 is 40.4 Å². The molecule has 2 aliphatic carbocycles. The number of esters is 1. The second-order valence-electron chi connectivity index (χ2n) is 11.9. The molecule has 0 unspecified atom stereocenters. The summed E-state index contributed by atoms with van der Waals surface area (Å²) in [6, 6.07) is 22.2. The van der Waals surface area contributed by atoms with Gasteiger partial charge in [0, 0.05) is 17.3 Å². The van der Waals surface area contributed by atoms with E-state index in [9.17, 15) is 19.2 Å². The van der Waals surface area contributed by atoms with Crippen LogP contribution >= 0.6 is 0 Å². The predicted octanol–water partition coefficient (Wildman–Crippen LogP) is 6.16. The minimum absolute atomic E-state index is 0.159. The molecular formula is C36H38N4O5. The maximum absolute atomic E-state index is 13.9. The Morgan fingerprint density at radius 2 is 1.67 bits per heavy atom. The topological polar surface area (TPSA) is 111 Å². The van der Waals surface area contributed by atoms with Gasteiger partial charge in [-0.1, -0.05) is 49.6 Å². The van der Waals surface area contributed by atoms with Crippen molar-refractivity contribution in [3.8, 4) is 5.69 Å². The first-order valence-electron chi connectivity index (χ1n) is 15.8. The van der Waals surface area contributed by atoms with Gasteiger partial charge in [-0.05, 0) is 93.1 Å². The summed E-state index contributed by atoms with van der Waals surface area (Å²) in [5.74, 6) is -1.09. The second kappa shape index (κ2) is 13.0. The molecule has 2 aliphatic rings. The van der Waals surface area contributed by atoms with Crippen LogP contribution in [0.1, 0.15) is 80.3 Å². The van der Waals surface area contributed by atoms with E-state index in [1.54, 1.807) is 54.1 Å². The van der Waals surface area contributed by atoms with E-state index in [1.807, 2.05) is 36.4 Å². The molecule has 0 aliphatic heterocycles. The summed E-state index contributed by atoms with van der Waals surface area (Å²) in [6.07, 6.45) is 10.3. The summed E-state index contributed by atoms with van der Waals surface area (Å²) in [6.45, 7) is 2.06. The van der Waals surface area contributed by atoms with Crippen LogP contribution in [0.25, 0.3) is 22.7 Å². The number of ether oxygens (including phenoxy) is 1. The highest BCUT2D eigenvalue weighted by molar-refractivity contribution is 6.05. The molecule has 3 aromatic carbocycles. The Morgan fingerprint density at radius 1 is 0.933 bits per heavy atom. The number of hydrogen-bond acceptors (Lipinski definition) is 5. The van der Waals surface area contributed by atoms with E-state index in [0.717, 1.165) is 48.9 Å². The number of aromatic nitrogens is 2. The fourth-order valence-corrected chi connectivity index (χ4v) is 6.38. The third-order valence-corrected chi connectivity index (χ3v) is 8.93. The fourth-order valence-electron chi connectivity index (χ4n) is 6.38. The van der Waals surface area contributed by atoms with Crippen LogP contribution in [0.2, 0.25) is 0 Å². The predicted molar refractivity (Wildman–Crippen MR) is 174 cm³/mol. The Balaban J connectivity index is 1.22. The van der Waals surface area contributed by atoms with E-state index < -0.39 is 11.5 Å². The Labute approximate surface area is 261 Å². The largest absolute Gasteiger partial charge is 0.463 e. The lowest BCUT2D eigenvalue weighted by Gasteiger charge is -2.40. The Morgan fingerprint density at radius 3 is 2.33 bits per heavy atom. The minimum atomic E-state index is -1.03. The van der Waals surface area contributed by atoms with Gasteiger partial charge in [0.05, 0.1) is 29.2 Å². The molecule has 9 nitrogen and oxygen atoms in total. The first kappa shape index (κ1) is 30.1. The number of anilines is 1. The maximum atomic E-state index is 13.9. The molecule has 2 N–H and O–H groups in total. The van der Waals surface area contributed by atoms with Crippen molar-refractivity contribution in [2.45, 2.75) is 69.9 Å². The van der Waals surface area contributed by atoms with Crippen LogP contribution in [0.15, 0.2) is 83.7 Å². The number of nitrogens with zero attached hydrogens (tertiary/aromatic N) is 2. The first-order valence-corrected chi connectivity index (χ1v) is 15.8. The molecule has 0 atom stereocenters. The van der Waals surface area contributed by atoms with Crippen molar-refractivity contribution in [3.05, 3.63) is 100 Å². The maximum Gasteiger partial charge on any atom is 0.330 e. The van der Waals surface area contributed by atoms with E-state index in [2.05, 4.69) is 15.3 Å². The van der Waals surface area contributed by atoms with Crippen LogP contribution in [-0.2, 0) is 14.3 Å². The molecule has 0 saturated heterocycles. The third-order valence-electron chi connectivity index (χ3n) is 8.93. The standard InChI is InChI=1S/C36H38N4O5/c1-2-45-32(41)21-16-25-14-18-27(19-15-25)37-35(44)36(22-9-23-36)38-33(42)26-17-20-31-30(24-26)34(43)40(29-12-7-4-8-13-29)39(31)28-10-5-3-6-11-28/h4,7-8,12-21,24,28H,2-3,5-6,9-11,22-23H2,1H3,(H,37,44)(H,38,42)/b21-16+. The van der Waals surface area contributed by atoms with Gasteiger partial charge in [-0.2, -0.15) is 0 Å². The number of carbonyl (C=O) groups is 3. The zero-order chi connectivity index (χ0) is 31.4. The van der Waals surface area contributed by atoms with Gasteiger partial charge in [-0.15, -0.1) is 0 Å². The monoisotopic (exact) mass is 606 g/mol. The molecule has 4 aromatic rings. The van der Waals surface area contributed by atoms with Crippen molar-refractivity contribution in [3.63, 3.8) is 0 Å². The summed E-state index contributed by atoms with van der Waals surface area (Å²) < 4.78 is 8.77. The lowest BCUT2D eigenvalue weighted by molar-refractivity contribution is -0.137. The zero-order valence-corrected chi connectivity index (χ0v) is 25.5. The van der Waals surface area contributed by atoms with Gasteiger partial charge in [-0.25, -0.2) is 9.48 Å². The van der Waals surface area contributed by atoms with Crippen molar-refractivity contribution < 1.29 is 19.1 Å². The second-order valence-corrected chi connectivity index (χ2v) is 11.9.